The maximum atomic E-state index is 12.0. The molecule has 2 aromatic rings. The fourth-order valence-electron chi connectivity index (χ4n) is 1.57. The number of carbonyl (C=O) groups is 1. The molecular weight excluding hydrogens is 355 g/mol. The van der Waals surface area contributed by atoms with Gasteiger partial charge in [-0.15, -0.1) is 11.3 Å². The van der Waals surface area contributed by atoms with E-state index < -0.39 is 0 Å². The Morgan fingerprint density at radius 2 is 2.00 bits per heavy atom. The summed E-state index contributed by atoms with van der Waals surface area (Å²) in [4.78, 5) is 13.0. The molecule has 94 valence electrons. The van der Waals surface area contributed by atoms with Crippen LogP contribution in [0.5, 0.6) is 0 Å². The maximum Gasteiger partial charge on any atom is 0.142 e. The SMILES string of the molecule is O=C(Cc1ccc(Cl)cc1Cl)Cc1sccc1Br. The number of Topliss-reactive ketones (excluding diaryl/α,β-unsaturated/α-hetero) is 1. The van der Waals surface area contributed by atoms with Gasteiger partial charge < -0.3 is 0 Å². The van der Waals surface area contributed by atoms with Gasteiger partial charge in [0.2, 0.25) is 0 Å². The Labute approximate surface area is 128 Å². The van der Waals surface area contributed by atoms with E-state index in [1.54, 1.807) is 29.5 Å². The quantitative estimate of drug-likeness (QED) is 0.732. The number of rotatable bonds is 4. The standard InChI is InChI=1S/C13H9BrCl2OS/c14-11-3-4-18-13(11)7-10(17)5-8-1-2-9(15)6-12(8)16/h1-4,6H,5,7H2. The van der Waals surface area contributed by atoms with Crippen LogP contribution < -0.4 is 0 Å². The van der Waals surface area contributed by atoms with Crippen molar-refractivity contribution in [2.75, 3.05) is 0 Å². The van der Waals surface area contributed by atoms with Crippen LogP contribution in [-0.2, 0) is 17.6 Å². The zero-order valence-electron chi connectivity index (χ0n) is 9.25. The summed E-state index contributed by atoms with van der Waals surface area (Å²) in [5.41, 5.74) is 0.818. The molecule has 0 spiro atoms. The van der Waals surface area contributed by atoms with Crippen LogP contribution in [-0.4, -0.2) is 5.78 Å². The highest BCUT2D eigenvalue weighted by atomic mass is 79.9. The summed E-state index contributed by atoms with van der Waals surface area (Å²) < 4.78 is 0.989. The zero-order chi connectivity index (χ0) is 13.1. The Kier molecular flexibility index (Phi) is 4.84. The van der Waals surface area contributed by atoms with Crippen LogP contribution >= 0.6 is 50.5 Å². The van der Waals surface area contributed by atoms with Crippen LogP contribution in [0.15, 0.2) is 34.1 Å². The van der Waals surface area contributed by atoms with Crippen LogP contribution in [0.25, 0.3) is 0 Å². The Hall–Kier alpha value is -0.350. The summed E-state index contributed by atoms with van der Waals surface area (Å²) in [5.74, 6) is 0.141. The second-order valence-electron chi connectivity index (χ2n) is 3.82. The number of hydrogen-bond donors (Lipinski definition) is 0. The lowest BCUT2D eigenvalue weighted by molar-refractivity contribution is -0.117. The molecule has 0 aliphatic heterocycles. The molecule has 0 fully saturated rings. The molecular formula is C13H9BrCl2OS. The van der Waals surface area contributed by atoms with E-state index in [2.05, 4.69) is 15.9 Å². The third-order valence-corrected chi connectivity index (χ3v) is 4.96. The summed E-state index contributed by atoms with van der Waals surface area (Å²) in [7, 11) is 0. The average Bonchev–Trinajstić information content (AvgIpc) is 2.69. The van der Waals surface area contributed by atoms with Crippen molar-refractivity contribution < 1.29 is 4.79 Å². The summed E-state index contributed by atoms with van der Waals surface area (Å²) in [6, 6.07) is 7.15. The zero-order valence-corrected chi connectivity index (χ0v) is 13.2. The predicted octanol–water partition coefficient (Wildman–Crippen LogP) is 5.17. The minimum absolute atomic E-state index is 0.141. The highest BCUT2D eigenvalue weighted by Gasteiger charge is 2.11. The van der Waals surface area contributed by atoms with Crippen molar-refractivity contribution in [3.63, 3.8) is 0 Å². The molecule has 1 heterocycles. The fraction of sp³-hybridized carbons (Fsp3) is 0.154. The van der Waals surface area contributed by atoms with E-state index in [1.165, 1.54) is 0 Å². The van der Waals surface area contributed by atoms with Crippen LogP contribution in [0.4, 0.5) is 0 Å². The number of carbonyl (C=O) groups excluding carboxylic acids is 1. The highest BCUT2D eigenvalue weighted by Crippen LogP contribution is 2.25. The van der Waals surface area contributed by atoms with Gasteiger partial charge in [0.1, 0.15) is 5.78 Å². The Morgan fingerprint density at radius 1 is 1.22 bits per heavy atom. The third kappa shape index (κ3) is 3.58. The van der Waals surface area contributed by atoms with E-state index in [9.17, 15) is 4.79 Å². The summed E-state index contributed by atoms with van der Waals surface area (Å²) in [6.45, 7) is 0. The van der Waals surface area contributed by atoms with Crippen molar-refractivity contribution in [3.05, 3.63) is 54.6 Å². The number of ketones is 1. The van der Waals surface area contributed by atoms with Crippen LogP contribution in [0, 0.1) is 0 Å². The molecule has 0 amide bonds. The fourth-order valence-corrected chi connectivity index (χ4v) is 3.57. The first kappa shape index (κ1) is 14.1. The predicted molar refractivity (Wildman–Crippen MR) is 80.9 cm³/mol. The molecule has 0 saturated carbocycles. The Balaban J connectivity index is 2.05. The highest BCUT2D eigenvalue weighted by molar-refractivity contribution is 9.10. The molecule has 0 aliphatic rings. The lowest BCUT2D eigenvalue weighted by Crippen LogP contribution is -2.06. The largest absolute Gasteiger partial charge is 0.299 e. The molecule has 0 aliphatic carbocycles. The number of benzene rings is 1. The van der Waals surface area contributed by atoms with Gasteiger partial charge in [0.25, 0.3) is 0 Å². The molecule has 1 aromatic carbocycles. The number of halogens is 3. The third-order valence-electron chi connectivity index (χ3n) is 2.45. The van der Waals surface area contributed by atoms with Crippen LogP contribution in [0.1, 0.15) is 10.4 Å². The molecule has 18 heavy (non-hydrogen) atoms. The van der Waals surface area contributed by atoms with Crippen molar-refractivity contribution in [3.8, 4) is 0 Å². The van der Waals surface area contributed by atoms with Gasteiger partial charge in [-0.25, -0.2) is 0 Å². The first-order chi connectivity index (χ1) is 8.56. The summed E-state index contributed by atoms with van der Waals surface area (Å²) in [5, 5.41) is 3.08. The lowest BCUT2D eigenvalue weighted by Gasteiger charge is -2.04. The van der Waals surface area contributed by atoms with Crippen LogP contribution in [0.2, 0.25) is 10.0 Å². The first-order valence-electron chi connectivity index (χ1n) is 5.24. The minimum Gasteiger partial charge on any atom is -0.299 e. The van der Waals surface area contributed by atoms with E-state index in [1.807, 2.05) is 11.4 Å². The van der Waals surface area contributed by atoms with Crippen molar-refractivity contribution in [2.24, 2.45) is 0 Å². The van der Waals surface area contributed by atoms with Gasteiger partial charge in [0, 0.05) is 32.2 Å². The Morgan fingerprint density at radius 3 is 2.61 bits per heavy atom. The first-order valence-corrected chi connectivity index (χ1v) is 7.66. The monoisotopic (exact) mass is 362 g/mol. The van der Waals surface area contributed by atoms with Crippen molar-refractivity contribution in [2.45, 2.75) is 12.8 Å². The summed E-state index contributed by atoms with van der Waals surface area (Å²) >= 11 is 16.9. The smallest absolute Gasteiger partial charge is 0.142 e. The van der Waals surface area contributed by atoms with E-state index in [-0.39, 0.29) is 5.78 Å². The van der Waals surface area contributed by atoms with Gasteiger partial charge in [-0.05, 0) is 45.1 Å². The van der Waals surface area contributed by atoms with Gasteiger partial charge >= 0.3 is 0 Å². The van der Waals surface area contributed by atoms with Crippen LogP contribution in [0.3, 0.4) is 0 Å². The maximum absolute atomic E-state index is 12.0. The molecule has 0 bridgehead atoms. The number of hydrogen-bond acceptors (Lipinski definition) is 2. The average molecular weight is 364 g/mol. The molecule has 1 nitrogen and oxygen atoms in total. The minimum atomic E-state index is 0.141. The second-order valence-corrected chi connectivity index (χ2v) is 6.52. The summed E-state index contributed by atoms with van der Waals surface area (Å²) in [6.07, 6.45) is 0.761. The van der Waals surface area contributed by atoms with Crippen molar-refractivity contribution in [1.82, 2.24) is 0 Å². The van der Waals surface area contributed by atoms with Gasteiger partial charge in [-0.2, -0.15) is 0 Å². The Bertz CT molecular complexity index is 580. The number of thiophene rings is 1. The molecule has 0 unspecified atom stereocenters. The van der Waals surface area contributed by atoms with E-state index in [0.29, 0.717) is 22.9 Å². The van der Waals surface area contributed by atoms with Crippen molar-refractivity contribution >= 4 is 56.3 Å². The second kappa shape index (κ2) is 6.20. The lowest BCUT2D eigenvalue weighted by atomic mass is 10.1. The van der Waals surface area contributed by atoms with E-state index in [0.717, 1.165) is 14.9 Å². The van der Waals surface area contributed by atoms with E-state index in [4.69, 9.17) is 23.2 Å². The van der Waals surface area contributed by atoms with Crippen molar-refractivity contribution in [1.29, 1.82) is 0 Å². The molecule has 5 heteroatoms. The normalized spacial score (nSPS) is 10.6. The van der Waals surface area contributed by atoms with Gasteiger partial charge in [-0.1, -0.05) is 29.3 Å². The molecule has 2 rings (SSSR count). The molecule has 0 saturated heterocycles. The van der Waals surface area contributed by atoms with Gasteiger partial charge in [-0.3, -0.25) is 4.79 Å². The molecule has 0 N–H and O–H groups in total. The molecule has 1 aromatic heterocycles. The van der Waals surface area contributed by atoms with E-state index >= 15 is 0 Å². The van der Waals surface area contributed by atoms with Gasteiger partial charge in [0.05, 0.1) is 0 Å². The molecule has 0 atom stereocenters. The van der Waals surface area contributed by atoms with Gasteiger partial charge in [0.15, 0.2) is 0 Å². The topological polar surface area (TPSA) is 17.1 Å². The molecule has 0 radical (unpaired) electrons.